The molecule has 1 aliphatic rings. The molecule has 0 saturated carbocycles. The van der Waals surface area contributed by atoms with Gasteiger partial charge in [0.1, 0.15) is 4.83 Å². The molecule has 4 heterocycles. The van der Waals surface area contributed by atoms with Crippen LogP contribution in [-0.2, 0) is 13.0 Å². The van der Waals surface area contributed by atoms with Gasteiger partial charge in [0.15, 0.2) is 0 Å². The van der Waals surface area contributed by atoms with E-state index in [1.54, 1.807) is 23.9 Å². The lowest BCUT2D eigenvalue weighted by atomic mass is 10.0. The predicted octanol–water partition coefficient (Wildman–Crippen LogP) is 3.28. The first-order chi connectivity index (χ1) is 12.3. The molecule has 0 unspecified atom stereocenters. The summed E-state index contributed by atoms with van der Waals surface area (Å²) in [4.78, 5) is 24.3. The Bertz CT molecular complexity index is 932. The van der Waals surface area contributed by atoms with Crippen LogP contribution in [0.25, 0.3) is 10.2 Å². The number of pyridine rings is 1. The highest BCUT2D eigenvalue weighted by Gasteiger charge is 2.22. The maximum Gasteiger partial charge on any atom is 0.262 e. The van der Waals surface area contributed by atoms with Gasteiger partial charge in [0.25, 0.3) is 5.56 Å². The quantitative estimate of drug-likeness (QED) is 0.764. The van der Waals surface area contributed by atoms with Crippen LogP contribution in [0.4, 0.5) is 0 Å². The first-order valence-electron chi connectivity index (χ1n) is 8.91. The lowest BCUT2D eigenvalue weighted by Crippen LogP contribution is -2.28. The monoisotopic (exact) mass is 354 g/mol. The summed E-state index contributed by atoms with van der Waals surface area (Å²) in [7, 11) is 0. The van der Waals surface area contributed by atoms with Crippen molar-refractivity contribution in [3.05, 3.63) is 57.2 Å². The van der Waals surface area contributed by atoms with Gasteiger partial charge in [-0.05, 0) is 36.6 Å². The highest BCUT2D eigenvalue weighted by Crippen LogP contribution is 2.31. The van der Waals surface area contributed by atoms with E-state index < -0.39 is 0 Å². The van der Waals surface area contributed by atoms with Crippen LogP contribution >= 0.6 is 11.3 Å². The Kier molecular flexibility index (Phi) is 4.63. The molecule has 1 aliphatic heterocycles. The Labute approximate surface area is 150 Å². The second kappa shape index (κ2) is 7.06. The number of fused-ring (bicyclic) bond motifs is 3. The molecule has 0 saturated heterocycles. The highest BCUT2D eigenvalue weighted by molar-refractivity contribution is 7.18. The van der Waals surface area contributed by atoms with E-state index in [0.29, 0.717) is 0 Å². The summed E-state index contributed by atoms with van der Waals surface area (Å²) >= 11 is 1.65. The van der Waals surface area contributed by atoms with Crippen molar-refractivity contribution in [2.45, 2.75) is 45.2 Å². The summed E-state index contributed by atoms with van der Waals surface area (Å²) in [5.74, 6) is 0. The fourth-order valence-corrected chi connectivity index (χ4v) is 4.73. The summed E-state index contributed by atoms with van der Waals surface area (Å²) < 4.78 is 1.82. The van der Waals surface area contributed by atoms with E-state index in [1.807, 2.05) is 16.8 Å². The average Bonchev–Trinajstić information content (AvgIpc) is 3.04. The van der Waals surface area contributed by atoms with Crippen LogP contribution in [0.2, 0.25) is 0 Å². The van der Waals surface area contributed by atoms with E-state index in [-0.39, 0.29) is 11.6 Å². The minimum atomic E-state index is -0.00434. The van der Waals surface area contributed by atoms with Crippen molar-refractivity contribution < 1.29 is 0 Å². The molecule has 0 aliphatic carbocycles. The highest BCUT2D eigenvalue weighted by atomic mass is 32.1. The fraction of sp³-hybridized carbons (Fsp3) is 0.421. The van der Waals surface area contributed by atoms with Gasteiger partial charge in [-0.3, -0.25) is 14.3 Å². The third-order valence-corrected chi connectivity index (χ3v) is 6.03. The molecular weight excluding hydrogens is 332 g/mol. The topological polar surface area (TPSA) is 59.8 Å². The number of hydrogen-bond donors (Lipinski definition) is 1. The van der Waals surface area contributed by atoms with Gasteiger partial charge < -0.3 is 5.32 Å². The standard InChI is InChI=1S/C19H22N4OS/c1-2-3-6-15(13-5-4-8-20-10-13)23-12-22-18-17(19(23)24)14-7-9-21-11-16(14)25-18/h4-5,8,10,12,15,21H,2-3,6-7,9,11H2,1H3/t15-/m0/s1. The predicted molar refractivity (Wildman–Crippen MR) is 101 cm³/mol. The normalized spacial score (nSPS) is 15.2. The van der Waals surface area contributed by atoms with Crippen molar-refractivity contribution in [3.8, 4) is 0 Å². The minimum absolute atomic E-state index is 0.00434. The van der Waals surface area contributed by atoms with E-state index >= 15 is 0 Å². The second-order valence-electron chi connectivity index (χ2n) is 6.51. The van der Waals surface area contributed by atoms with Gasteiger partial charge in [0.05, 0.1) is 17.8 Å². The zero-order valence-corrected chi connectivity index (χ0v) is 15.2. The molecule has 5 nitrogen and oxygen atoms in total. The van der Waals surface area contributed by atoms with Gasteiger partial charge in [-0.2, -0.15) is 0 Å². The molecule has 0 bridgehead atoms. The number of aromatic nitrogens is 3. The Morgan fingerprint density at radius 2 is 2.36 bits per heavy atom. The molecule has 0 radical (unpaired) electrons. The molecule has 0 fully saturated rings. The van der Waals surface area contributed by atoms with Gasteiger partial charge >= 0.3 is 0 Å². The number of unbranched alkanes of at least 4 members (excludes halogenated alkanes) is 1. The third kappa shape index (κ3) is 3.00. The van der Waals surface area contributed by atoms with E-state index in [4.69, 9.17) is 0 Å². The van der Waals surface area contributed by atoms with Crippen molar-refractivity contribution in [2.24, 2.45) is 0 Å². The molecule has 0 spiro atoms. The first kappa shape index (κ1) is 16.4. The lowest BCUT2D eigenvalue weighted by Gasteiger charge is -2.20. The molecular formula is C19H22N4OS. The van der Waals surface area contributed by atoms with Crippen LogP contribution in [0.15, 0.2) is 35.6 Å². The molecule has 3 aromatic rings. The Morgan fingerprint density at radius 1 is 1.44 bits per heavy atom. The van der Waals surface area contributed by atoms with E-state index in [0.717, 1.165) is 54.6 Å². The zero-order valence-electron chi connectivity index (χ0n) is 14.4. The summed E-state index contributed by atoms with van der Waals surface area (Å²) in [6.07, 6.45) is 9.35. The third-order valence-electron chi connectivity index (χ3n) is 4.89. The summed E-state index contributed by atoms with van der Waals surface area (Å²) in [5, 5.41) is 4.21. The second-order valence-corrected chi connectivity index (χ2v) is 7.60. The van der Waals surface area contributed by atoms with Crippen LogP contribution in [0.3, 0.4) is 0 Å². The van der Waals surface area contributed by atoms with Crippen LogP contribution in [0.5, 0.6) is 0 Å². The molecule has 3 aromatic heterocycles. The van der Waals surface area contributed by atoms with Crippen LogP contribution in [-0.4, -0.2) is 21.1 Å². The smallest absolute Gasteiger partial charge is 0.262 e. The van der Waals surface area contributed by atoms with E-state index in [9.17, 15) is 4.79 Å². The average molecular weight is 354 g/mol. The van der Waals surface area contributed by atoms with E-state index in [2.05, 4.69) is 28.3 Å². The molecule has 0 amide bonds. The first-order valence-corrected chi connectivity index (χ1v) is 9.73. The van der Waals surface area contributed by atoms with Crippen molar-refractivity contribution >= 4 is 21.6 Å². The molecule has 0 aromatic carbocycles. The maximum atomic E-state index is 13.3. The molecule has 25 heavy (non-hydrogen) atoms. The molecule has 1 N–H and O–H groups in total. The van der Waals surface area contributed by atoms with Gasteiger partial charge in [-0.15, -0.1) is 11.3 Å². The summed E-state index contributed by atoms with van der Waals surface area (Å²) in [5.41, 5.74) is 2.37. The molecule has 130 valence electrons. The molecule has 1 atom stereocenters. The Hall–Kier alpha value is -2.05. The number of thiophene rings is 1. The van der Waals surface area contributed by atoms with Crippen LogP contribution < -0.4 is 10.9 Å². The van der Waals surface area contributed by atoms with Crippen LogP contribution in [0.1, 0.15) is 48.2 Å². The van der Waals surface area contributed by atoms with Crippen LogP contribution in [0, 0.1) is 0 Å². The zero-order chi connectivity index (χ0) is 17.2. The largest absolute Gasteiger partial charge is 0.312 e. The number of nitrogens with zero attached hydrogens (tertiary/aromatic N) is 3. The number of hydrogen-bond acceptors (Lipinski definition) is 5. The maximum absolute atomic E-state index is 13.3. The van der Waals surface area contributed by atoms with Gasteiger partial charge in [0, 0.05) is 23.8 Å². The van der Waals surface area contributed by atoms with Crippen molar-refractivity contribution in [3.63, 3.8) is 0 Å². The van der Waals surface area contributed by atoms with Crippen molar-refractivity contribution in [2.75, 3.05) is 6.54 Å². The minimum Gasteiger partial charge on any atom is -0.312 e. The Morgan fingerprint density at radius 3 is 3.16 bits per heavy atom. The number of rotatable bonds is 5. The summed E-state index contributed by atoms with van der Waals surface area (Å²) in [6, 6.07) is 3.98. The van der Waals surface area contributed by atoms with Gasteiger partial charge in [-0.1, -0.05) is 25.8 Å². The van der Waals surface area contributed by atoms with Gasteiger partial charge in [0.2, 0.25) is 0 Å². The summed E-state index contributed by atoms with van der Waals surface area (Å²) in [6.45, 7) is 3.94. The SMILES string of the molecule is CCCC[C@@H](c1cccnc1)n1cnc2sc3c(c2c1=O)CCNC3. The fourth-order valence-electron chi connectivity index (χ4n) is 3.59. The van der Waals surface area contributed by atoms with Gasteiger partial charge in [-0.25, -0.2) is 4.98 Å². The lowest BCUT2D eigenvalue weighted by molar-refractivity contribution is 0.498. The van der Waals surface area contributed by atoms with Crippen molar-refractivity contribution in [1.29, 1.82) is 0 Å². The number of nitrogens with one attached hydrogen (secondary N) is 1. The molecule has 6 heteroatoms. The Balaban J connectivity index is 1.86. The van der Waals surface area contributed by atoms with E-state index in [1.165, 1.54) is 10.4 Å². The molecule has 4 rings (SSSR count). The van der Waals surface area contributed by atoms with Crippen molar-refractivity contribution in [1.82, 2.24) is 19.9 Å².